The highest BCUT2D eigenvalue weighted by atomic mass is 32.2. The zero-order chi connectivity index (χ0) is 22.5. The molecule has 166 valence electrons. The number of thioether (sulfide) groups is 1. The molecule has 6 rings (SSSR count). The van der Waals surface area contributed by atoms with Crippen molar-refractivity contribution < 1.29 is 4.39 Å². The molecule has 5 aromatic rings. The Bertz CT molecular complexity index is 1570. The van der Waals surface area contributed by atoms with Crippen LogP contribution in [0, 0.1) is 12.7 Å². The molecule has 0 amide bonds. The minimum atomic E-state index is -0.230. The van der Waals surface area contributed by atoms with E-state index < -0.39 is 0 Å². The molecule has 0 saturated carbocycles. The number of hydrogen-bond acceptors (Lipinski definition) is 5. The number of aryl methyl sites for hydroxylation is 3. The molecule has 0 radical (unpaired) electrons. The fraction of sp³-hybridized carbons (Fsp3) is 0.240. The molecule has 3 heterocycles. The van der Waals surface area contributed by atoms with Crippen molar-refractivity contribution in [3.63, 3.8) is 0 Å². The van der Waals surface area contributed by atoms with Gasteiger partial charge in [-0.25, -0.2) is 13.4 Å². The fourth-order valence-corrected chi connectivity index (χ4v) is 6.85. The van der Waals surface area contributed by atoms with Crippen LogP contribution in [-0.2, 0) is 18.6 Å². The topological polar surface area (TPSA) is 52.2 Å². The summed E-state index contributed by atoms with van der Waals surface area (Å²) in [7, 11) is 0. The van der Waals surface area contributed by atoms with E-state index >= 15 is 0 Å². The van der Waals surface area contributed by atoms with Crippen LogP contribution in [0.2, 0.25) is 0 Å². The van der Waals surface area contributed by atoms with Crippen LogP contribution in [0.25, 0.3) is 21.7 Å². The first-order valence-electron chi connectivity index (χ1n) is 11.0. The number of benzene rings is 2. The maximum Gasteiger partial charge on any atom is 0.268 e. The van der Waals surface area contributed by atoms with Gasteiger partial charge in [-0.1, -0.05) is 47.7 Å². The Balaban J connectivity index is 1.60. The van der Waals surface area contributed by atoms with E-state index in [9.17, 15) is 9.18 Å². The average molecular weight is 477 g/mol. The van der Waals surface area contributed by atoms with Crippen LogP contribution in [0.1, 0.15) is 34.4 Å². The summed E-state index contributed by atoms with van der Waals surface area (Å²) in [4.78, 5) is 16.0. The van der Waals surface area contributed by atoms with Gasteiger partial charge in [-0.15, -0.1) is 21.5 Å². The zero-order valence-corrected chi connectivity index (χ0v) is 19.7. The van der Waals surface area contributed by atoms with E-state index in [-0.39, 0.29) is 11.4 Å². The van der Waals surface area contributed by atoms with Gasteiger partial charge in [0.05, 0.1) is 11.1 Å². The van der Waals surface area contributed by atoms with E-state index in [0.29, 0.717) is 22.3 Å². The third-order valence-electron chi connectivity index (χ3n) is 6.20. The molecule has 0 unspecified atom stereocenters. The van der Waals surface area contributed by atoms with E-state index in [0.717, 1.165) is 47.2 Å². The van der Waals surface area contributed by atoms with E-state index in [1.807, 2.05) is 41.7 Å². The molecule has 8 heteroatoms. The van der Waals surface area contributed by atoms with Crippen LogP contribution < -0.4 is 5.56 Å². The first kappa shape index (κ1) is 20.6. The molecule has 0 bridgehead atoms. The molecular weight excluding hydrogens is 455 g/mol. The lowest BCUT2D eigenvalue weighted by molar-refractivity contribution is 0.617. The van der Waals surface area contributed by atoms with Crippen molar-refractivity contribution in [3.05, 3.63) is 86.3 Å². The van der Waals surface area contributed by atoms with Crippen molar-refractivity contribution in [1.29, 1.82) is 0 Å². The molecule has 3 aromatic heterocycles. The summed E-state index contributed by atoms with van der Waals surface area (Å²) in [5, 5.41) is 10.3. The van der Waals surface area contributed by atoms with Crippen molar-refractivity contribution in [2.24, 2.45) is 0 Å². The minimum absolute atomic E-state index is 0.0428. The summed E-state index contributed by atoms with van der Waals surface area (Å²) in [5.41, 5.74) is 3.64. The molecule has 1 aliphatic rings. The molecule has 0 spiro atoms. The standard InChI is InChI=1S/C25H21FN4OS2/c1-15-10-12-17(13-11-15)29-22(31)21-18-7-3-5-9-20(18)33-23(21)30-24(29)27-28-25(30)32-14-16-6-2-4-8-19(16)26/h2,4,6,8,10-13H,3,5,7,9,14H2,1H3. The van der Waals surface area contributed by atoms with Gasteiger partial charge >= 0.3 is 0 Å². The van der Waals surface area contributed by atoms with E-state index in [1.165, 1.54) is 28.3 Å². The summed E-state index contributed by atoms with van der Waals surface area (Å²) >= 11 is 3.11. The molecule has 5 nitrogen and oxygen atoms in total. The van der Waals surface area contributed by atoms with Gasteiger partial charge in [0, 0.05) is 10.6 Å². The van der Waals surface area contributed by atoms with Crippen molar-refractivity contribution in [2.45, 2.75) is 43.5 Å². The maximum absolute atomic E-state index is 14.2. The molecular formula is C25H21FN4OS2. The Morgan fingerprint density at radius 2 is 1.85 bits per heavy atom. The predicted molar refractivity (Wildman–Crippen MR) is 131 cm³/mol. The van der Waals surface area contributed by atoms with Gasteiger partial charge < -0.3 is 0 Å². The van der Waals surface area contributed by atoms with Crippen LogP contribution in [0.3, 0.4) is 0 Å². The summed E-state index contributed by atoms with van der Waals surface area (Å²) in [6.07, 6.45) is 4.16. The molecule has 0 atom stereocenters. The molecule has 0 saturated heterocycles. The van der Waals surface area contributed by atoms with Crippen LogP contribution in [-0.4, -0.2) is 19.2 Å². The largest absolute Gasteiger partial charge is 0.268 e. The summed E-state index contributed by atoms with van der Waals surface area (Å²) in [6, 6.07) is 14.7. The van der Waals surface area contributed by atoms with E-state index in [1.54, 1.807) is 28.0 Å². The average Bonchev–Trinajstić information content (AvgIpc) is 3.41. The molecule has 0 aliphatic heterocycles. The number of halogens is 1. The highest BCUT2D eigenvalue weighted by Crippen LogP contribution is 2.37. The normalized spacial score (nSPS) is 13.6. The highest BCUT2D eigenvalue weighted by molar-refractivity contribution is 7.98. The lowest BCUT2D eigenvalue weighted by Gasteiger charge is -2.12. The van der Waals surface area contributed by atoms with Crippen molar-refractivity contribution in [2.75, 3.05) is 0 Å². The third kappa shape index (κ3) is 3.40. The lowest BCUT2D eigenvalue weighted by Crippen LogP contribution is -2.22. The minimum Gasteiger partial charge on any atom is -0.268 e. The van der Waals surface area contributed by atoms with Gasteiger partial charge in [0.25, 0.3) is 5.56 Å². The SMILES string of the molecule is Cc1ccc(-n2c(=O)c3c4c(sc3n3c(SCc5ccccc5F)nnc23)CCCC4)cc1. The lowest BCUT2D eigenvalue weighted by atomic mass is 9.97. The Morgan fingerprint density at radius 1 is 1.06 bits per heavy atom. The summed E-state index contributed by atoms with van der Waals surface area (Å²) in [5.74, 6) is 0.696. The Kier molecular flexibility index (Phi) is 5.07. The fourth-order valence-electron chi connectivity index (χ4n) is 4.49. The van der Waals surface area contributed by atoms with E-state index in [2.05, 4.69) is 10.2 Å². The Labute approximate surface area is 197 Å². The predicted octanol–water partition coefficient (Wildman–Crippen LogP) is 5.71. The molecule has 0 N–H and O–H groups in total. The summed E-state index contributed by atoms with van der Waals surface area (Å²) in [6.45, 7) is 2.02. The quantitative estimate of drug-likeness (QED) is 0.312. The van der Waals surface area contributed by atoms with Crippen LogP contribution in [0.4, 0.5) is 4.39 Å². The maximum atomic E-state index is 14.2. The molecule has 1 aliphatic carbocycles. The van der Waals surface area contributed by atoms with Crippen LogP contribution in [0.5, 0.6) is 0 Å². The van der Waals surface area contributed by atoms with Gasteiger partial charge in [-0.05, 0) is 61.9 Å². The van der Waals surface area contributed by atoms with Gasteiger partial charge in [0.1, 0.15) is 10.6 Å². The second-order valence-corrected chi connectivity index (χ2v) is 10.4. The highest BCUT2D eigenvalue weighted by Gasteiger charge is 2.25. The van der Waals surface area contributed by atoms with Gasteiger partial charge in [0.2, 0.25) is 5.78 Å². The second-order valence-electron chi connectivity index (χ2n) is 8.37. The number of hydrogen-bond donors (Lipinski definition) is 0. The Morgan fingerprint density at radius 3 is 2.67 bits per heavy atom. The number of fused-ring (bicyclic) bond motifs is 5. The number of rotatable bonds is 4. The van der Waals surface area contributed by atoms with Crippen molar-refractivity contribution in [3.8, 4) is 5.69 Å². The number of thiophene rings is 1. The third-order valence-corrected chi connectivity index (χ3v) is 8.45. The molecule has 2 aromatic carbocycles. The van der Waals surface area contributed by atoms with Gasteiger partial charge in [-0.2, -0.15) is 0 Å². The number of aromatic nitrogens is 4. The van der Waals surface area contributed by atoms with Crippen LogP contribution >= 0.6 is 23.1 Å². The van der Waals surface area contributed by atoms with Gasteiger partial charge in [0.15, 0.2) is 5.16 Å². The smallest absolute Gasteiger partial charge is 0.268 e. The monoisotopic (exact) mass is 476 g/mol. The van der Waals surface area contributed by atoms with Crippen LogP contribution in [0.15, 0.2) is 58.5 Å². The van der Waals surface area contributed by atoms with Crippen molar-refractivity contribution in [1.82, 2.24) is 19.2 Å². The van der Waals surface area contributed by atoms with Gasteiger partial charge in [-0.3, -0.25) is 4.79 Å². The first-order chi connectivity index (χ1) is 16.1. The summed E-state index contributed by atoms with van der Waals surface area (Å²) < 4.78 is 17.9. The molecule has 33 heavy (non-hydrogen) atoms. The number of nitrogens with zero attached hydrogens (tertiary/aromatic N) is 4. The Hall–Kier alpha value is -2.97. The molecule has 0 fully saturated rings. The van der Waals surface area contributed by atoms with Crippen molar-refractivity contribution >= 4 is 39.1 Å². The zero-order valence-electron chi connectivity index (χ0n) is 18.0. The van der Waals surface area contributed by atoms with E-state index in [4.69, 9.17) is 0 Å². The first-order valence-corrected chi connectivity index (χ1v) is 12.8. The second kappa shape index (κ2) is 8.11.